The third-order valence-electron chi connectivity index (χ3n) is 5.72. The van der Waals surface area contributed by atoms with Crippen LogP contribution in [-0.4, -0.2) is 0 Å². The molecule has 1 heterocycles. The van der Waals surface area contributed by atoms with E-state index in [0.29, 0.717) is 5.41 Å². The largest absolute Gasteiger partial charge is 0.323 e. The topological polar surface area (TPSA) is 26.0 Å². The highest BCUT2D eigenvalue weighted by atomic mass is 32.1. The molecule has 2 heteroatoms. The van der Waals surface area contributed by atoms with Crippen molar-refractivity contribution in [3.05, 3.63) is 21.9 Å². The lowest BCUT2D eigenvalue weighted by Gasteiger charge is -2.57. The Kier molecular flexibility index (Phi) is 2.44. The van der Waals surface area contributed by atoms with Crippen molar-refractivity contribution in [3.8, 4) is 0 Å². The van der Waals surface area contributed by atoms with Crippen LogP contribution in [0.25, 0.3) is 0 Å². The Balaban J connectivity index is 1.77. The number of nitrogens with two attached hydrogens (primary N) is 1. The summed E-state index contributed by atoms with van der Waals surface area (Å²) in [4.78, 5) is 1.47. The summed E-state index contributed by atoms with van der Waals surface area (Å²) in [7, 11) is 0. The van der Waals surface area contributed by atoms with Crippen molar-refractivity contribution in [2.45, 2.75) is 56.9 Å². The van der Waals surface area contributed by atoms with E-state index in [1.165, 1.54) is 43.4 Å². The third kappa shape index (κ3) is 1.55. The lowest BCUT2D eigenvalue weighted by Crippen LogP contribution is -2.48. The average Bonchev–Trinajstić information content (AvgIpc) is 2.76. The van der Waals surface area contributed by atoms with Gasteiger partial charge in [-0.25, -0.2) is 0 Å². The highest BCUT2D eigenvalue weighted by Gasteiger charge is 2.52. The Hall–Kier alpha value is -0.340. The number of thiophene rings is 1. The Morgan fingerprint density at radius 3 is 2.22 bits per heavy atom. The molecule has 0 aliphatic heterocycles. The molecule has 4 bridgehead atoms. The summed E-state index contributed by atoms with van der Waals surface area (Å²) in [6.45, 7) is 2.15. The van der Waals surface area contributed by atoms with Gasteiger partial charge in [0.2, 0.25) is 0 Å². The molecule has 1 atom stereocenters. The van der Waals surface area contributed by atoms with Crippen molar-refractivity contribution >= 4 is 11.3 Å². The summed E-state index contributed by atoms with van der Waals surface area (Å²) in [5.74, 6) is 3.08. The van der Waals surface area contributed by atoms with Crippen molar-refractivity contribution in [1.82, 2.24) is 0 Å². The Labute approximate surface area is 114 Å². The normalized spacial score (nSPS) is 43.3. The maximum Gasteiger partial charge on any atom is 0.0364 e. The monoisotopic (exact) mass is 261 g/mol. The Morgan fingerprint density at radius 2 is 1.72 bits per heavy atom. The van der Waals surface area contributed by atoms with E-state index in [2.05, 4.69) is 18.4 Å². The molecular formula is C16H23NS. The quantitative estimate of drug-likeness (QED) is 0.847. The van der Waals surface area contributed by atoms with E-state index in [9.17, 15) is 0 Å². The summed E-state index contributed by atoms with van der Waals surface area (Å²) >= 11 is 1.88. The van der Waals surface area contributed by atoms with Crippen LogP contribution in [-0.2, 0) is 5.41 Å². The predicted molar refractivity (Wildman–Crippen MR) is 76.8 cm³/mol. The molecule has 5 rings (SSSR count). The predicted octanol–water partition coefficient (Wildman–Crippen LogP) is 4.24. The van der Waals surface area contributed by atoms with Crippen molar-refractivity contribution in [1.29, 1.82) is 0 Å². The van der Waals surface area contributed by atoms with E-state index in [4.69, 9.17) is 5.73 Å². The summed E-state index contributed by atoms with van der Waals surface area (Å²) in [5.41, 5.74) is 8.35. The van der Waals surface area contributed by atoms with E-state index in [-0.39, 0.29) is 6.04 Å². The molecule has 4 aliphatic rings. The zero-order chi connectivity index (χ0) is 12.3. The van der Waals surface area contributed by atoms with Crippen molar-refractivity contribution < 1.29 is 0 Å². The Morgan fingerprint density at radius 1 is 1.17 bits per heavy atom. The molecule has 1 nitrogen and oxygen atoms in total. The van der Waals surface area contributed by atoms with E-state index in [1.807, 2.05) is 11.3 Å². The van der Waals surface area contributed by atoms with Crippen LogP contribution in [0.2, 0.25) is 0 Å². The van der Waals surface area contributed by atoms with Gasteiger partial charge >= 0.3 is 0 Å². The van der Waals surface area contributed by atoms with Gasteiger partial charge in [-0.1, -0.05) is 0 Å². The molecule has 0 saturated heterocycles. The minimum Gasteiger partial charge on any atom is -0.323 e. The first-order chi connectivity index (χ1) is 8.66. The van der Waals surface area contributed by atoms with Crippen LogP contribution < -0.4 is 5.73 Å². The minimum atomic E-state index is 0.216. The van der Waals surface area contributed by atoms with E-state index in [1.54, 1.807) is 5.56 Å². The van der Waals surface area contributed by atoms with Gasteiger partial charge in [0.25, 0.3) is 0 Å². The van der Waals surface area contributed by atoms with Crippen molar-refractivity contribution in [2.75, 3.05) is 0 Å². The zero-order valence-electron chi connectivity index (χ0n) is 11.2. The molecule has 18 heavy (non-hydrogen) atoms. The number of rotatable bonds is 2. The summed E-state index contributed by atoms with van der Waals surface area (Å²) in [5, 5.41) is 2.27. The van der Waals surface area contributed by atoms with Crippen LogP contribution in [0.5, 0.6) is 0 Å². The van der Waals surface area contributed by atoms with Crippen molar-refractivity contribution in [2.24, 2.45) is 23.5 Å². The first-order valence-corrected chi connectivity index (χ1v) is 8.38. The van der Waals surface area contributed by atoms with Crippen molar-refractivity contribution in [3.63, 3.8) is 0 Å². The molecule has 2 N–H and O–H groups in total. The third-order valence-corrected chi connectivity index (χ3v) is 6.84. The number of hydrogen-bond donors (Lipinski definition) is 1. The van der Waals surface area contributed by atoms with Gasteiger partial charge < -0.3 is 5.73 Å². The van der Waals surface area contributed by atoms with Gasteiger partial charge in [-0.15, -0.1) is 11.3 Å². The fourth-order valence-electron chi connectivity index (χ4n) is 5.55. The van der Waals surface area contributed by atoms with Gasteiger partial charge in [0.05, 0.1) is 0 Å². The highest BCUT2D eigenvalue weighted by molar-refractivity contribution is 7.10. The molecule has 0 radical (unpaired) electrons. The molecule has 4 fully saturated rings. The molecule has 0 amide bonds. The molecule has 98 valence electrons. The molecule has 0 spiro atoms. The first-order valence-electron chi connectivity index (χ1n) is 7.50. The molecule has 4 saturated carbocycles. The standard InChI is InChI=1S/C16H23NS/c1-10(17)15-14(2-3-18-15)16-7-11-4-12(8-16)6-13(5-11)9-16/h2-3,10-13H,4-9,17H2,1H3. The van der Waals surface area contributed by atoms with Gasteiger partial charge in [0.15, 0.2) is 0 Å². The van der Waals surface area contributed by atoms with Crippen LogP contribution in [0.3, 0.4) is 0 Å². The molecule has 1 aromatic rings. The van der Waals surface area contributed by atoms with E-state index in [0.717, 1.165) is 17.8 Å². The fraction of sp³-hybridized carbons (Fsp3) is 0.750. The van der Waals surface area contributed by atoms with Gasteiger partial charge in [0, 0.05) is 10.9 Å². The molecule has 1 aromatic heterocycles. The SMILES string of the molecule is CC(N)c1sccc1C12CC3CC(CC(C3)C1)C2. The van der Waals surface area contributed by atoms with Gasteiger partial charge in [0.1, 0.15) is 0 Å². The summed E-state index contributed by atoms with van der Waals surface area (Å²) < 4.78 is 0. The lowest BCUT2D eigenvalue weighted by atomic mass is 9.48. The van der Waals surface area contributed by atoms with Crippen LogP contribution in [0.4, 0.5) is 0 Å². The second kappa shape index (κ2) is 3.83. The smallest absolute Gasteiger partial charge is 0.0364 e. The molecule has 4 aliphatic carbocycles. The average molecular weight is 261 g/mol. The first kappa shape index (κ1) is 11.5. The zero-order valence-corrected chi connectivity index (χ0v) is 12.0. The molecular weight excluding hydrogens is 238 g/mol. The van der Waals surface area contributed by atoms with E-state index >= 15 is 0 Å². The number of hydrogen-bond acceptors (Lipinski definition) is 2. The Bertz CT molecular complexity index is 424. The lowest BCUT2D eigenvalue weighted by molar-refractivity contribution is -0.00544. The maximum atomic E-state index is 6.19. The van der Waals surface area contributed by atoms with Crippen LogP contribution in [0.1, 0.15) is 61.9 Å². The van der Waals surface area contributed by atoms with E-state index < -0.39 is 0 Å². The maximum absolute atomic E-state index is 6.19. The summed E-state index contributed by atoms with van der Waals surface area (Å²) in [6.07, 6.45) is 8.94. The van der Waals surface area contributed by atoms with Crippen LogP contribution in [0.15, 0.2) is 11.4 Å². The van der Waals surface area contributed by atoms with Gasteiger partial charge in [-0.05, 0) is 85.6 Å². The molecule has 0 aromatic carbocycles. The second-order valence-electron chi connectivity index (χ2n) is 7.19. The summed E-state index contributed by atoms with van der Waals surface area (Å²) in [6, 6.07) is 2.62. The van der Waals surface area contributed by atoms with Crippen LogP contribution in [0, 0.1) is 17.8 Å². The minimum absolute atomic E-state index is 0.216. The van der Waals surface area contributed by atoms with Crippen LogP contribution >= 0.6 is 11.3 Å². The highest BCUT2D eigenvalue weighted by Crippen LogP contribution is 2.61. The fourth-order valence-corrected chi connectivity index (χ4v) is 6.53. The molecule has 1 unspecified atom stereocenters. The van der Waals surface area contributed by atoms with Gasteiger partial charge in [-0.2, -0.15) is 0 Å². The van der Waals surface area contributed by atoms with Gasteiger partial charge in [-0.3, -0.25) is 0 Å². The second-order valence-corrected chi connectivity index (χ2v) is 8.13.